The highest BCUT2D eigenvalue weighted by molar-refractivity contribution is 9.11. The largest absolute Gasteiger partial charge is 0.207 e. The van der Waals surface area contributed by atoms with E-state index < -0.39 is 17.0 Å². The lowest BCUT2D eigenvalue weighted by atomic mass is 10.0. The molecule has 2 aromatic rings. The van der Waals surface area contributed by atoms with Gasteiger partial charge >= 0.3 is 0 Å². The molecule has 0 bridgehead atoms. The van der Waals surface area contributed by atoms with Crippen molar-refractivity contribution < 1.29 is 8.78 Å². The van der Waals surface area contributed by atoms with E-state index in [2.05, 4.69) is 15.9 Å². The number of hydrogen-bond acceptors (Lipinski definition) is 1. The van der Waals surface area contributed by atoms with E-state index in [1.54, 1.807) is 11.3 Å². The molecule has 18 heavy (non-hydrogen) atoms. The van der Waals surface area contributed by atoms with Gasteiger partial charge in [-0.25, -0.2) is 8.78 Å². The monoisotopic (exact) mass is 350 g/mol. The topological polar surface area (TPSA) is 0 Å². The zero-order chi connectivity index (χ0) is 13.3. The number of hydrogen-bond donors (Lipinski definition) is 0. The molecule has 1 aromatic heterocycles. The van der Waals surface area contributed by atoms with Crippen molar-refractivity contribution in [1.82, 2.24) is 0 Å². The average Bonchev–Trinajstić information content (AvgIpc) is 2.63. The minimum absolute atomic E-state index is 0.0409. The van der Waals surface area contributed by atoms with Gasteiger partial charge in [0.05, 0.1) is 9.16 Å². The summed E-state index contributed by atoms with van der Waals surface area (Å²) < 4.78 is 28.0. The van der Waals surface area contributed by atoms with Gasteiger partial charge in [0.25, 0.3) is 0 Å². The maximum atomic E-state index is 13.5. The highest BCUT2D eigenvalue weighted by atomic mass is 79.9. The highest BCUT2D eigenvalue weighted by Crippen LogP contribution is 2.36. The Morgan fingerprint density at radius 3 is 2.44 bits per heavy atom. The van der Waals surface area contributed by atoms with Crippen molar-refractivity contribution in [2.24, 2.45) is 0 Å². The number of halogens is 4. The van der Waals surface area contributed by atoms with Crippen LogP contribution in [0.3, 0.4) is 0 Å². The average molecular weight is 352 g/mol. The van der Waals surface area contributed by atoms with Gasteiger partial charge in [-0.1, -0.05) is 6.07 Å². The lowest BCUT2D eigenvalue weighted by molar-refractivity contribution is 0.553. The fourth-order valence-electron chi connectivity index (χ4n) is 1.79. The van der Waals surface area contributed by atoms with E-state index in [-0.39, 0.29) is 12.0 Å². The first kappa shape index (κ1) is 14.0. The van der Waals surface area contributed by atoms with E-state index in [1.807, 2.05) is 13.0 Å². The summed E-state index contributed by atoms with van der Waals surface area (Å²) in [7, 11) is 0. The van der Waals surface area contributed by atoms with Crippen LogP contribution in [0.1, 0.15) is 21.4 Å². The van der Waals surface area contributed by atoms with Crippen LogP contribution in [0.2, 0.25) is 0 Å². The molecule has 1 heterocycles. The molecular weight excluding hydrogens is 342 g/mol. The molecule has 1 unspecified atom stereocenters. The van der Waals surface area contributed by atoms with Crippen LogP contribution in [0.4, 0.5) is 8.78 Å². The van der Waals surface area contributed by atoms with Gasteiger partial charge in [0.15, 0.2) is 0 Å². The molecule has 2 rings (SSSR count). The first-order valence-electron chi connectivity index (χ1n) is 5.32. The maximum absolute atomic E-state index is 13.5. The fourth-order valence-corrected chi connectivity index (χ4v) is 4.00. The van der Waals surface area contributed by atoms with Crippen LogP contribution in [-0.4, -0.2) is 0 Å². The quantitative estimate of drug-likeness (QED) is 0.630. The predicted octanol–water partition coefficient (Wildman–Crippen LogP) is 5.62. The molecular formula is C13H10BrClF2S. The van der Waals surface area contributed by atoms with E-state index in [0.29, 0.717) is 0 Å². The fraction of sp³-hybridized carbons (Fsp3) is 0.231. The Balaban J connectivity index is 2.26. The number of thiophene rings is 1. The van der Waals surface area contributed by atoms with Gasteiger partial charge in [-0.3, -0.25) is 0 Å². The summed E-state index contributed by atoms with van der Waals surface area (Å²) in [5.74, 6) is -1.10. The molecule has 1 aromatic carbocycles. The first-order chi connectivity index (χ1) is 8.49. The van der Waals surface area contributed by atoms with Crippen molar-refractivity contribution in [2.45, 2.75) is 18.7 Å². The minimum Gasteiger partial charge on any atom is -0.207 e. The van der Waals surface area contributed by atoms with Gasteiger partial charge in [-0.2, -0.15) is 0 Å². The molecule has 0 saturated heterocycles. The molecule has 0 nitrogen and oxygen atoms in total. The van der Waals surface area contributed by atoms with E-state index in [0.717, 1.165) is 14.2 Å². The Morgan fingerprint density at radius 2 is 1.94 bits per heavy atom. The van der Waals surface area contributed by atoms with Crippen LogP contribution in [0.15, 0.2) is 28.1 Å². The second-order valence-electron chi connectivity index (χ2n) is 3.93. The van der Waals surface area contributed by atoms with Crippen molar-refractivity contribution >= 4 is 38.9 Å². The molecule has 0 aliphatic heterocycles. The smallest absolute Gasteiger partial charge is 0.129 e. The van der Waals surface area contributed by atoms with Gasteiger partial charge < -0.3 is 0 Å². The van der Waals surface area contributed by atoms with Crippen LogP contribution >= 0.6 is 38.9 Å². The van der Waals surface area contributed by atoms with Crippen molar-refractivity contribution in [3.05, 3.63) is 55.7 Å². The number of alkyl halides is 1. The second kappa shape index (κ2) is 5.68. The SMILES string of the molecule is Cc1sc(Br)cc1C(Cl)Cc1c(F)cccc1F. The zero-order valence-electron chi connectivity index (χ0n) is 9.51. The summed E-state index contributed by atoms with van der Waals surface area (Å²) >= 11 is 11.2. The third-order valence-corrected chi connectivity index (χ3v) is 4.67. The molecule has 1 atom stereocenters. The minimum atomic E-state index is -0.549. The van der Waals surface area contributed by atoms with Crippen molar-refractivity contribution in [2.75, 3.05) is 0 Å². The van der Waals surface area contributed by atoms with Gasteiger partial charge in [0.2, 0.25) is 0 Å². The van der Waals surface area contributed by atoms with Crippen LogP contribution in [0, 0.1) is 18.6 Å². The predicted molar refractivity (Wildman–Crippen MR) is 75.4 cm³/mol. The van der Waals surface area contributed by atoms with Crippen LogP contribution in [-0.2, 0) is 6.42 Å². The van der Waals surface area contributed by atoms with Gasteiger partial charge in [0.1, 0.15) is 11.6 Å². The van der Waals surface area contributed by atoms with E-state index in [9.17, 15) is 8.78 Å². The third-order valence-electron chi connectivity index (χ3n) is 2.71. The highest BCUT2D eigenvalue weighted by Gasteiger charge is 2.18. The summed E-state index contributed by atoms with van der Waals surface area (Å²) in [4.78, 5) is 1.05. The molecule has 0 saturated carbocycles. The molecule has 0 aliphatic carbocycles. The Morgan fingerprint density at radius 1 is 1.33 bits per heavy atom. The first-order valence-corrected chi connectivity index (χ1v) is 7.36. The van der Waals surface area contributed by atoms with Gasteiger partial charge in [-0.15, -0.1) is 22.9 Å². The van der Waals surface area contributed by atoms with Crippen molar-refractivity contribution in [1.29, 1.82) is 0 Å². The van der Waals surface area contributed by atoms with Crippen LogP contribution < -0.4 is 0 Å². The molecule has 0 aliphatic rings. The molecule has 96 valence electrons. The second-order valence-corrected chi connectivity index (χ2v) is 7.10. The number of benzene rings is 1. The lowest BCUT2D eigenvalue weighted by Crippen LogP contribution is -2.01. The van der Waals surface area contributed by atoms with Crippen LogP contribution in [0.5, 0.6) is 0 Å². The van der Waals surface area contributed by atoms with Crippen molar-refractivity contribution in [3.63, 3.8) is 0 Å². The van der Waals surface area contributed by atoms with E-state index in [4.69, 9.17) is 11.6 Å². The molecule has 0 N–H and O–H groups in total. The lowest BCUT2D eigenvalue weighted by Gasteiger charge is -2.10. The Bertz CT molecular complexity index is 548. The molecule has 0 radical (unpaired) electrons. The van der Waals surface area contributed by atoms with Crippen molar-refractivity contribution in [3.8, 4) is 0 Å². The Hall–Kier alpha value is -0.450. The Labute approximate surface area is 122 Å². The summed E-state index contributed by atoms with van der Waals surface area (Å²) in [6, 6.07) is 5.75. The summed E-state index contributed by atoms with van der Waals surface area (Å²) in [6.45, 7) is 1.94. The Kier molecular flexibility index (Phi) is 4.41. The standard InChI is InChI=1S/C13H10BrClF2S/c1-7-8(6-13(14)18-7)10(15)5-9-11(16)3-2-4-12(9)17/h2-4,6,10H,5H2,1H3. The molecule has 0 fully saturated rings. The summed E-state index contributed by atoms with van der Waals surface area (Å²) in [5.41, 5.74) is 0.954. The number of rotatable bonds is 3. The third kappa shape index (κ3) is 2.92. The maximum Gasteiger partial charge on any atom is 0.129 e. The van der Waals surface area contributed by atoms with Gasteiger partial charge in [-0.05, 0) is 53.0 Å². The van der Waals surface area contributed by atoms with Gasteiger partial charge in [0, 0.05) is 10.4 Å². The van der Waals surface area contributed by atoms with E-state index >= 15 is 0 Å². The normalized spacial score (nSPS) is 12.7. The summed E-state index contributed by atoms with van der Waals surface area (Å²) in [6.07, 6.45) is 0.143. The molecule has 0 spiro atoms. The zero-order valence-corrected chi connectivity index (χ0v) is 12.7. The number of aryl methyl sites for hydroxylation is 1. The molecule has 0 amide bonds. The van der Waals surface area contributed by atoms with Crippen LogP contribution in [0.25, 0.3) is 0 Å². The molecule has 5 heteroatoms. The summed E-state index contributed by atoms with van der Waals surface area (Å²) in [5, 5.41) is -0.432. The van der Waals surface area contributed by atoms with E-state index in [1.165, 1.54) is 18.2 Å².